The molecule has 3 nitrogen and oxygen atoms in total. The Bertz CT molecular complexity index is 451. The van der Waals surface area contributed by atoms with Crippen LogP contribution in [0.3, 0.4) is 0 Å². The highest BCUT2D eigenvalue weighted by Gasteiger charge is 2.28. The van der Waals surface area contributed by atoms with Gasteiger partial charge in [-0.1, -0.05) is 43.7 Å². The second kappa shape index (κ2) is 6.88. The number of nitriles is 1. The summed E-state index contributed by atoms with van der Waals surface area (Å²) in [6.07, 6.45) is 4.57. The van der Waals surface area contributed by atoms with E-state index in [2.05, 4.69) is 17.9 Å². The third kappa shape index (κ3) is 3.59. The molecule has 1 aromatic rings. The van der Waals surface area contributed by atoms with Gasteiger partial charge in [-0.3, -0.25) is 0 Å². The second-order valence-electron chi connectivity index (χ2n) is 5.92. The molecule has 0 aromatic heterocycles. The molecule has 3 heteroatoms. The molecule has 1 aliphatic rings. The van der Waals surface area contributed by atoms with Crippen molar-refractivity contribution in [2.75, 3.05) is 19.6 Å². The molecule has 108 valence electrons. The number of nitrogens with two attached hydrogens (primary N) is 1. The maximum Gasteiger partial charge on any atom is 0.131 e. The molecule has 2 N–H and O–H groups in total. The van der Waals surface area contributed by atoms with Gasteiger partial charge in [-0.05, 0) is 37.3 Å². The Morgan fingerprint density at radius 1 is 1.40 bits per heavy atom. The van der Waals surface area contributed by atoms with E-state index in [9.17, 15) is 5.26 Å². The number of hydrogen-bond acceptors (Lipinski definition) is 3. The van der Waals surface area contributed by atoms with Gasteiger partial charge in [0.05, 0.1) is 6.07 Å². The molecule has 0 amide bonds. The molecule has 1 aliphatic heterocycles. The normalized spacial score (nSPS) is 22.9. The van der Waals surface area contributed by atoms with E-state index in [1.807, 2.05) is 30.3 Å². The molecule has 0 radical (unpaired) electrons. The first-order valence-corrected chi connectivity index (χ1v) is 7.66. The molecule has 0 bridgehead atoms. The molecule has 1 saturated heterocycles. The van der Waals surface area contributed by atoms with Gasteiger partial charge in [0.15, 0.2) is 0 Å². The van der Waals surface area contributed by atoms with E-state index < -0.39 is 5.54 Å². The Morgan fingerprint density at radius 2 is 2.15 bits per heavy atom. The zero-order valence-corrected chi connectivity index (χ0v) is 12.4. The van der Waals surface area contributed by atoms with Crippen molar-refractivity contribution in [1.82, 2.24) is 4.90 Å². The Morgan fingerprint density at radius 3 is 2.80 bits per heavy atom. The minimum atomic E-state index is -0.861. The van der Waals surface area contributed by atoms with Crippen LogP contribution >= 0.6 is 0 Å². The lowest BCUT2D eigenvalue weighted by Gasteiger charge is -2.34. The van der Waals surface area contributed by atoms with Crippen LogP contribution in [0.1, 0.15) is 38.2 Å². The summed E-state index contributed by atoms with van der Waals surface area (Å²) in [7, 11) is 0. The first kappa shape index (κ1) is 15.0. The fourth-order valence-corrected chi connectivity index (χ4v) is 3.02. The van der Waals surface area contributed by atoms with Gasteiger partial charge in [0.25, 0.3) is 0 Å². The van der Waals surface area contributed by atoms with Crippen molar-refractivity contribution in [3.8, 4) is 6.07 Å². The fraction of sp³-hybridized carbons (Fsp3) is 0.588. The highest BCUT2D eigenvalue weighted by Crippen LogP contribution is 2.24. The number of hydrogen-bond donors (Lipinski definition) is 1. The quantitative estimate of drug-likeness (QED) is 0.896. The third-order valence-electron chi connectivity index (χ3n) is 4.49. The summed E-state index contributed by atoms with van der Waals surface area (Å²) < 4.78 is 0. The van der Waals surface area contributed by atoms with Gasteiger partial charge in [-0.25, -0.2) is 0 Å². The predicted octanol–water partition coefficient (Wildman–Crippen LogP) is 2.88. The molecular weight excluding hydrogens is 246 g/mol. The lowest BCUT2D eigenvalue weighted by Crippen LogP contribution is -2.42. The first-order chi connectivity index (χ1) is 9.68. The van der Waals surface area contributed by atoms with Crippen LogP contribution in [0.25, 0.3) is 0 Å². The van der Waals surface area contributed by atoms with Crippen molar-refractivity contribution in [1.29, 1.82) is 5.26 Å². The predicted molar refractivity (Wildman–Crippen MR) is 82.0 cm³/mol. The Hall–Kier alpha value is -1.37. The molecule has 1 heterocycles. The van der Waals surface area contributed by atoms with Crippen molar-refractivity contribution in [2.24, 2.45) is 11.7 Å². The van der Waals surface area contributed by atoms with Gasteiger partial charge in [0.2, 0.25) is 0 Å². The van der Waals surface area contributed by atoms with Crippen molar-refractivity contribution in [3.05, 3.63) is 35.9 Å². The van der Waals surface area contributed by atoms with Gasteiger partial charge in [0, 0.05) is 13.1 Å². The average Bonchev–Trinajstić information content (AvgIpc) is 2.53. The monoisotopic (exact) mass is 271 g/mol. The SMILES string of the molecule is CCC1CCCN(CCC(N)(C#N)c2ccccc2)C1. The van der Waals surface area contributed by atoms with E-state index in [1.54, 1.807) is 0 Å². The Balaban J connectivity index is 1.96. The van der Waals surface area contributed by atoms with E-state index in [4.69, 9.17) is 5.73 Å². The van der Waals surface area contributed by atoms with Crippen molar-refractivity contribution < 1.29 is 0 Å². The fourth-order valence-electron chi connectivity index (χ4n) is 3.02. The maximum atomic E-state index is 9.47. The highest BCUT2D eigenvalue weighted by atomic mass is 15.1. The summed E-state index contributed by atoms with van der Waals surface area (Å²) in [5.41, 5.74) is 6.38. The highest BCUT2D eigenvalue weighted by molar-refractivity contribution is 5.30. The summed E-state index contributed by atoms with van der Waals surface area (Å²) >= 11 is 0. The Labute approximate surface area is 122 Å². The van der Waals surface area contributed by atoms with Crippen LogP contribution in [0.15, 0.2) is 30.3 Å². The molecule has 2 atom stereocenters. The third-order valence-corrected chi connectivity index (χ3v) is 4.49. The van der Waals surface area contributed by atoms with Crippen molar-refractivity contribution in [2.45, 2.75) is 38.1 Å². The topological polar surface area (TPSA) is 53.0 Å². The minimum Gasteiger partial charge on any atom is -0.310 e. The molecule has 0 spiro atoms. The average molecular weight is 271 g/mol. The molecule has 2 rings (SSSR count). The Kier molecular flexibility index (Phi) is 5.17. The smallest absolute Gasteiger partial charge is 0.131 e. The van der Waals surface area contributed by atoms with E-state index in [1.165, 1.54) is 19.3 Å². The molecule has 20 heavy (non-hydrogen) atoms. The largest absolute Gasteiger partial charge is 0.310 e. The number of rotatable bonds is 5. The van der Waals surface area contributed by atoms with Gasteiger partial charge in [0.1, 0.15) is 5.54 Å². The zero-order chi connectivity index (χ0) is 14.4. The van der Waals surface area contributed by atoms with E-state index in [0.717, 1.165) is 31.1 Å². The summed E-state index contributed by atoms with van der Waals surface area (Å²) in [6.45, 7) is 5.48. The van der Waals surface area contributed by atoms with Crippen LogP contribution in [0.5, 0.6) is 0 Å². The zero-order valence-electron chi connectivity index (χ0n) is 12.4. The summed E-state index contributed by atoms with van der Waals surface area (Å²) in [5, 5.41) is 9.47. The van der Waals surface area contributed by atoms with Gasteiger partial charge < -0.3 is 10.6 Å². The lowest BCUT2D eigenvalue weighted by atomic mass is 9.88. The second-order valence-corrected chi connectivity index (χ2v) is 5.92. The van der Waals surface area contributed by atoms with Gasteiger partial charge >= 0.3 is 0 Å². The summed E-state index contributed by atoms with van der Waals surface area (Å²) in [4.78, 5) is 2.47. The lowest BCUT2D eigenvalue weighted by molar-refractivity contribution is 0.162. The van der Waals surface area contributed by atoms with Crippen LogP contribution in [0.2, 0.25) is 0 Å². The van der Waals surface area contributed by atoms with Crippen LogP contribution in [0.4, 0.5) is 0 Å². The molecule has 0 aliphatic carbocycles. The van der Waals surface area contributed by atoms with E-state index >= 15 is 0 Å². The standard InChI is InChI=1S/C17H25N3/c1-2-15-7-6-11-20(13-15)12-10-17(19,14-18)16-8-4-3-5-9-16/h3-5,8-9,15H,2,6-7,10-13,19H2,1H3. The number of benzene rings is 1. The van der Waals surface area contributed by atoms with E-state index in [-0.39, 0.29) is 0 Å². The van der Waals surface area contributed by atoms with Crippen LogP contribution in [-0.4, -0.2) is 24.5 Å². The molecular formula is C17H25N3. The summed E-state index contributed by atoms with van der Waals surface area (Å²) in [6, 6.07) is 12.1. The molecule has 2 unspecified atom stereocenters. The van der Waals surface area contributed by atoms with Gasteiger partial charge in [-0.2, -0.15) is 5.26 Å². The molecule has 1 fully saturated rings. The molecule has 1 aromatic carbocycles. The van der Waals surface area contributed by atoms with Crippen LogP contribution in [-0.2, 0) is 5.54 Å². The number of likely N-dealkylation sites (tertiary alicyclic amines) is 1. The molecule has 0 saturated carbocycles. The summed E-state index contributed by atoms with van der Waals surface area (Å²) in [5.74, 6) is 0.815. The maximum absolute atomic E-state index is 9.47. The number of nitrogens with zero attached hydrogens (tertiary/aromatic N) is 2. The van der Waals surface area contributed by atoms with Crippen molar-refractivity contribution >= 4 is 0 Å². The van der Waals surface area contributed by atoms with Crippen LogP contribution < -0.4 is 5.73 Å². The van der Waals surface area contributed by atoms with Crippen LogP contribution in [0, 0.1) is 17.2 Å². The van der Waals surface area contributed by atoms with Crippen molar-refractivity contribution in [3.63, 3.8) is 0 Å². The van der Waals surface area contributed by atoms with Gasteiger partial charge in [-0.15, -0.1) is 0 Å². The minimum absolute atomic E-state index is 0.698. The number of piperidine rings is 1. The first-order valence-electron chi connectivity index (χ1n) is 7.66. The van der Waals surface area contributed by atoms with E-state index in [0.29, 0.717) is 6.42 Å².